The third-order valence-corrected chi connectivity index (χ3v) is 5.01. The van der Waals surface area contributed by atoms with Gasteiger partial charge in [0, 0.05) is 22.6 Å². The van der Waals surface area contributed by atoms with Crippen molar-refractivity contribution in [2.24, 2.45) is 5.73 Å². The van der Waals surface area contributed by atoms with Crippen LogP contribution in [0, 0.1) is 0 Å². The Morgan fingerprint density at radius 3 is 2.80 bits per heavy atom. The number of nitrogens with one attached hydrogen (secondary N) is 2. The summed E-state index contributed by atoms with van der Waals surface area (Å²) in [4.78, 5) is 11.2. The molecular weight excluding hydrogens is 346 g/mol. The second kappa shape index (κ2) is 6.21. The first-order chi connectivity index (χ1) is 9.38. The van der Waals surface area contributed by atoms with E-state index in [0.29, 0.717) is 11.0 Å². The summed E-state index contributed by atoms with van der Waals surface area (Å²) in [7, 11) is -3.65. The smallest absolute Gasteiger partial charge is 0.248 e. The summed E-state index contributed by atoms with van der Waals surface area (Å²) >= 11 is 3.18. The van der Waals surface area contributed by atoms with Crippen LogP contribution >= 0.6 is 15.9 Å². The van der Waals surface area contributed by atoms with Crippen molar-refractivity contribution >= 4 is 31.9 Å². The standard InChI is InChI=1S/C12H16BrN3O3S/c13-9-4-8(12(14)17)5-11(6-9)20(18,19)16-7-10-2-1-3-15-10/h4-6,10,15-16H,1-3,7H2,(H2,14,17). The second-order valence-corrected chi connectivity index (χ2v) is 7.37. The van der Waals surface area contributed by atoms with E-state index in [4.69, 9.17) is 5.73 Å². The van der Waals surface area contributed by atoms with Crippen molar-refractivity contribution in [3.8, 4) is 0 Å². The SMILES string of the molecule is NC(=O)c1cc(Br)cc(S(=O)(=O)NCC2CCCN2)c1. The number of nitrogens with two attached hydrogens (primary N) is 1. The molecule has 1 aliphatic rings. The lowest BCUT2D eigenvalue weighted by Gasteiger charge is -2.12. The van der Waals surface area contributed by atoms with E-state index in [1.54, 1.807) is 0 Å². The number of hydrogen-bond acceptors (Lipinski definition) is 4. The second-order valence-electron chi connectivity index (χ2n) is 4.69. The Hall–Kier alpha value is -0.960. The molecule has 8 heteroatoms. The summed E-state index contributed by atoms with van der Waals surface area (Å²) in [6, 6.07) is 4.36. The molecule has 1 aromatic rings. The molecular formula is C12H16BrN3O3S. The van der Waals surface area contributed by atoms with Gasteiger partial charge in [-0.1, -0.05) is 15.9 Å². The molecule has 1 aromatic carbocycles. The zero-order valence-corrected chi connectivity index (χ0v) is 13.1. The molecule has 1 aliphatic heterocycles. The number of benzene rings is 1. The molecule has 1 atom stereocenters. The van der Waals surface area contributed by atoms with Gasteiger partial charge in [-0.2, -0.15) is 0 Å². The summed E-state index contributed by atoms with van der Waals surface area (Å²) in [5.41, 5.74) is 5.33. The number of rotatable bonds is 5. The lowest BCUT2D eigenvalue weighted by atomic mass is 10.2. The van der Waals surface area contributed by atoms with Gasteiger partial charge in [-0.25, -0.2) is 13.1 Å². The predicted octanol–water partition coefficient (Wildman–Crippen LogP) is 0.578. The molecule has 20 heavy (non-hydrogen) atoms. The zero-order chi connectivity index (χ0) is 14.8. The molecule has 1 fully saturated rings. The van der Waals surface area contributed by atoms with Crippen molar-refractivity contribution in [2.75, 3.05) is 13.1 Å². The fourth-order valence-electron chi connectivity index (χ4n) is 2.08. The highest BCUT2D eigenvalue weighted by Crippen LogP contribution is 2.19. The van der Waals surface area contributed by atoms with E-state index in [-0.39, 0.29) is 16.5 Å². The quantitative estimate of drug-likeness (QED) is 0.713. The molecule has 4 N–H and O–H groups in total. The van der Waals surface area contributed by atoms with Crippen LogP contribution in [0.5, 0.6) is 0 Å². The maximum Gasteiger partial charge on any atom is 0.248 e. The van der Waals surface area contributed by atoms with Crippen molar-refractivity contribution in [3.63, 3.8) is 0 Å². The lowest BCUT2D eigenvalue weighted by molar-refractivity contribution is 0.1000. The van der Waals surface area contributed by atoms with Crippen molar-refractivity contribution in [2.45, 2.75) is 23.8 Å². The number of halogens is 1. The monoisotopic (exact) mass is 361 g/mol. The van der Waals surface area contributed by atoms with Crippen LogP contribution in [0.25, 0.3) is 0 Å². The van der Waals surface area contributed by atoms with E-state index in [2.05, 4.69) is 26.0 Å². The van der Waals surface area contributed by atoms with E-state index in [9.17, 15) is 13.2 Å². The van der Waals surface area contributed by atoms with E-state index in [1.165, 1.54) is 18.2 Å². The molecule has 0 spiro atoms. The largest absolute Gasteiger partial charge is 0.366 e. The zero-order valence-electron chi connectivity index (χ0n) is 10.7. The van der Waals surface area contributed by atoms with Crippen LogP contribution in [-0.2, 0) is 10.0 Å². The Kier molecular flexibility index (Phi) is 4.79. The molecule has 0 aliphatic carbocycles. The maximum absolute atomic E-state index is 12.2. The van der Waals surface area contributed by atoms with Crippen molar-refractivity contribution in [3.05, 3.63) is 28.2 Å². The summed E-state index contributed by atoms with van der Waals surface area (Å²) in [5, 5.41) is 3.21. The van der Waals surface area contributed by atoms with Gasteiger partial charge in [-0.05, 0) is 37.6 Å². The molecule has 0 bridgehead atoms. The maximum atomic E-state index is 12.2. The average Bonchev–Trinajstić information content (AvgIpc) is 2.89. The van der Waals surface area contributed by atoms with Crippen LogP contribution in [0.2, 0.25) is 0 Å². The minimum atomic E-state index is -3.65. The first kappa shape index (κ1) is 15.4. The fraction of sp³-hybridized carbons (Fsp3) is 0.417. The van der Waals surface area contributed by atoms with Crippen LogP contribution in [-0.4, -0.2) is 33.5 Å². The number of carbonyl (C=O) groups is 1. The highest BCUT2D eigenvalue weighted by Gasteiger charge is 2.20. The summed E-state index contributed by atoms with van der Waals surface area (Å²) in [6.45, 7) is 1.25. The number of primary amides is 1. The van der Waals surface area contributed by atoms with Crippen LogP contribution in [0.1, 0.15) is 23.2 Å². The summed E-state index contributed by atoms with van der Waals surface area (Å²) in [6.07, 6.45) is 2.00. The van der Waals surface area contributed by atoms with E-state index in [1.807, 2.05) is 0 Å². The molecule has 1 heterocycles. The van der Waals surface area contributed by atoms with Crippen molar-refractivity contribution in [1.82, 2.24) is 10.0 Å². The highest BCUT2D eigenvalue weighted by molar-refractivity contribution is 9.10. The Morgan fingerprint density at radius 2 is 2.20 bits per heavy atom. The topological polar surface area (TPSA) is 101 Å². The number of sulfonamides is 1. The molecule has 1 amide bonds. The van der Waals surface area contributed by atoms with Gasteiger partial charge in [0.25, 0.3) is 0 Å². The number of hydrogen-bond donors (Lipinski definition) is 3. The normalized spacial score (nSPS) is 19.1. The van der Waals surface area contributed by atoms with Gasteiger partial charge in [0.2, 0.25) is 15.9 Å². The van der Waals surface area contributed by atoms with Gasteiger partial charge in [-0.15, -0.1) is 0 Å². The molecule has 1 unspecified atom stereocenters. The highest BCUT2D eigenvalue weighted by atomic mass is 79.9. The Balaban J connectivity index is 2.17. The average molecular weight is 362 g/mol. The Bertz CT molecular complexity index is 612. The van der Waals surface area contributed by atoms with Crippen LogP contribution < -0.4 is 15.8 Å². The third-order valence-electron chi connectivity index (χ3n) is 3.15. The first-order valence-corrected chi connectivity index (χ1v) is 8.49. The van der Waals surface area contributed by atoms with Crippen molar-refractivity contribution in [1.29, 1.82) is 0 Å². The third kappa shape index (κ3) is 3.78. The Morgan fingerprint density at radius 1 is 1.45 bits per heavy atom. The minimum Gasteiger partial charge on any atom is -0.366 e. The molecule has 0 saturated carbocycles. The minimum absolute atomic E-state index is 0.0265. The lowest BCUT2D eigenvalue weighted by Crippen LogP contribution is -2.37. The van der Waals surface area contributed by atoms with Gasteiger partial charge in [0.05, 0.1) is 4.90 Å². The number of amides is 1. The summed E-state index contributed by atoms with van der Waals surface area (Å²) < 4.78 is 27.4. The van der Waals surface area contributed by atoms with Gasteiger partial charge < -0.3 is 11.1 Å². The van der Waals surface area contributed by atoms with Crippen molar-refractivity contribution < 1.29 is 13.2 Å². The molecule has 6 nitrogen and oxygen atoms in total. The fourth-order valence-corrected chi connectivity index (χ4v) is 3.88. The molecule has 0 aromatic heterocycles. The van der Waals surface area contributed by atoms with Gasteiger partial charge in [0.1, 0.15) is 0 Å². The van der Waals surface area contributed by atoms with Gasteiger partial charge >= 0.3 is 0 Å². The van der Waals surface area contributed by atoms with Crippen LogP contribution in [0.15, 0.2) is 27.6 Å². The first-order valence-electron chi connectivity index (χ1n) is 6.22. The van der Waals surface area contributed by atoms with E-state index < -0.39 is 15.9 Å². The molecule has 0 radical (unpaired) electrons. The van der Waals surface area contributed by atoms with E-state index in [0.717, 1.165) is 19.4 Å². The molecule has 1 saturated heterocycles. The predicted molar refractivity (Wildman–Crippen MR) is 78.9 cm³/mol. The van der Waals surface area contributed by atoms with Crippen LogP contribution in [0.4, 0.5) is 0 Å². The Labute approximate surface area is 126 Å². The van der Waals surface area contributed by atoms with Gasteiger partial charge in [-0.3, -0.25) is 4.79 Å². The molecule has 110 valence electrons. The van der Waals surface area contributed by atoms with Crippen LogP contribution in [0.3, 0.4) is 0 Å². The van der Waals surface area contributed by atoms with Gasteiger partial charge in [0.15, 0.2) is 0 Å². The van der Waals surface area contributed by atoms with E-state index >= 15 is 0 Å². The molecule has 2 rings (SSSR count). The summed E-state index contributed by atoms with van der Waals surface area (Å²) in [5.74, 6) is -0.666. The number of carbonyl (C=O) groups excluding carboxylic acids is 1.